The Morgan fingerprint density at radius 2 is 2.31 bits per heavy atom. The quantitative estimate of drug-likeness (QED) is 0.801. The lowest BCUT2D eigenvalue weighted by Gasteiger charge is -2.10. The van der Waals surface area contributed by atoms with Crippen molar-refractivity contribution in [3.05, 3.63) is 22.4 Å². The number of thiophene rings is 1. The Labute approximate surface area is 99.8 Å². The highest BCUT2D eigenvalue weighted by molar-refractivity contribution is 7.09. The highest BCUT2D eigenvalue weighted by Crippen LogP contribution is 2.17. The maximum absolute atomic E-state index is 11.4. The highest BCUT2D eigenvalue weighted by Gasteiger charge is 2.15. The summed E-state index contributed by atoms with van der Waals surface area (Å²) in [4.78, 5) is 12.5. The molecule has 0 aromatic carbocycles. The second kappa shape index (κ2) is 6.01. The van der Waals surface area contributed by atoms with Gasteiger partial charge in [-0.15, -0.1) is 11.3 Å². The fourth-order valence-electron chi connectivity index (χ4n) is 1.95. The zero-order valence-electron chi connectivity index (χ0n) is 9.28. The predicted octanol–water partition coefficient (Wildman–Crippen LogP) is 2.32. The van der Waals surface area contributed by atoms with Gasteiger partial charge in [-0.1, -0.05) is 18.9 Å². The molecule has 1 aromatic heterocycles. The summed E-state index contributed by atoms with van der Waals surface area (Å²) in [5.41, 5.74) is 0. The smallest absolute Gasteiger partial charge is 0.320 e. The van der Waals surface area contributed by atoms with E-state index in [9.17, 15) is 4.79 Å². The zero-order valence-corrected chi connectivity index (χ0v) is 10.1. The fraction of sp³-hybridized carbons (Fsp3) is 0.583. The Bertz CT molecular complexity index is 318. The van der Waals surface area contributed by atoms with Crippen LogP contribution in [0.15, 0.2) is 17.5 Å². The summed E-state index contributed by atoms with van der Waals surface area (Å²) in [6.45, 7) is 0.749. The molecule has 1 aromatic rings. The number of hydrogen-bond acceptors (Lipinski definition) is 4. The minimum Gasteiger partial charge on any atom is -0.459 e. The second-order valence-electron chi connectivity index (χ2n) is 4.10. The van der Waals surface area contributed by atoms with Crippen LogP contribution in [0.2, 0.25) is 0 Å². The number of esters is 1. The number of nitrogens with one attached hydrogen (secondary N) is 1. The first kappa shape index (κ1) is 11.6. The highest BCUT2D eigenvalue weighted by atomic mass is 32.1. The van der Waals surface area contributed by atoms with Crippen molar-refractivity contribution in [3.8, 4) is 0 Å². The van der Waals surface area contributed by atoms with Crippen LogP contribution in [-0.2, 0) is 16.1 Å². The van der Waals surface area contributed by atoms with Crippen LogP contribution >= 0.6 is 11.3 Å². The van der Waals surface area contributed by atoms with E-state index >= 15 is 0 Å². The maximum atomic E-state index is 11.4. The second-order valence-corrected chi connectivity index (χ2v) is 5.13. The van der Waals surface area contributed by atoms with Gasteiger partial charge in [0.1, 0.15) is 6.61 Å². The summed E-state index contributed by atoms with van der Waals surface area (Å²) in [7, 11) is 0. The third-order valence-electron chi connectivity index (χ3n) is 2.85. The first-order chi connectivity index (χ1) is 7.84. The van der Waals surface area contributed by atoms with E-state index in [1.807, 2.05) is 17.5 Å². The summed E-state index contributed by atoms with van der Waals surface area (Å²) in [5.74, 6) is -0.153. The first-order valence-electron chi connectivity index (χ1n) is 5.76. The molecule has 3 nitrogen and oxygen atoms in total. The molecule has 2 rings (SSSR count). The molecule has 1 aliphatic rings. The van der Waals surface area contributed by atoms with E-state index in [1.54, 1.807) is 11.3 Å². The molecule has 0 amide bonds. The average Bonchev–Trinajstić information content (AvgIpc) is 2.96. The molecule has 4 heteroatoms. The molecule has 0 bridgehead atoms. The van der Waals surface area contributed by atoms with Gasteiger partial charge < -0.3 is 10.1 Å². The van der Waals surface area contributed by atoms with Crippen LogP contribution in [0.5, 0.6) is 0 Å². The van der Waals surface area contributed by atoms with Crippen LogP contribution in [0.3, 0.4) is 0 Å². The van der Waals surface area contributed by atoms with Gasteiger partial charge in [0.25, 0.3) is 0 Å². The molecular formula is C12H17NO2S. The van der Waals surface area contributed by atoms with Crippen molar-refractivity contribution in [1.29, 1.82) is 0 Å². The van der Waals surface area contributed by atoms with Gasteiger partial charge in [0.15, 0.2) is 0 Å². The van der Waals surface area contributed by atoms with Crippen molar-refractivity contribution in [2.24, 2.45) is 0 Å². The minimum absolute atomic E-state index is 0.153. The van der Waals surface area contributed by atoms with Crippen molar-refractivity contribution in [2.75, 3.05) is 6.54 Å². The molecule has 88 valence electrons. The van der Waals surface area contributed by atoms with Crippen molar-refractivity contribution in [3.63, 3.8) is 0 Å². The average molecular weight is 239 g/mol. The number of carbonyl (C=O) groups excluding carboxylic acids is 1. The van der Waals surface area contributed by atoms with E-state index in [4.69, 9.17) is 4.74 Å². The van der Waals surface area contributed by atoms with Crippen LogP contribution < -0.4 is 5.32 Å². The lowest BCUT2D eigenvalue weighted by Crippen LogP contribution is -2.32. The molecule has 1 N–H and O–H groups in total. The van der Waals surface area contributed by atoms with Gasteiger partial charge in [-0.25, -0.2) is 0 Å². The van der Waals surface area contributed by atoms with Crippen molar-refractivity contribution in [1.82, 2.24) is 5.32 Å². The molecule has 1 saturated carbocycles. The normalized spacial score (nSPS) is 16.5. The maximum Gasteiger partial charge on any atom is 0.320 e. The van der Waals surface area contributed by atoms with E-state index in [0.717, 1.165) is 4.88 Å². The van der Waals surface area contributed by atoms with Crippen LogP contribution in [-0.4, -0.2) is 18.6 Å². The third kappa shape index (κ3) is 3.61. The van der Waals surface area contributed by atoms with Gasteiger partial charge >= 0.3 is 5.97 Å². The minimum atomic E-state index is -0.153. The van der Waals surface area contributed by atoms with Crippen LogP contribution in [0.4, 0.5) is 0 Å². The van der Waals surface area contributed by atoms with Gasteiger partial charge in [0.05, 0.1) is 6.54 Å². The van der Waals surface area contributed by atoms with Crippen LogP contribution in [0, 0.1) is 0 Å². The zero-order chi connectivity index (χ0) is 11.2. The van der Waals surface area contributed by atoms with Crippen molar-refractivity contribution >= 4 is 17.3 Å². The molecule has 0 atom stereocenters. The summed E-state index contributed by atoms with van der Waals surface area (Å²) in [5, 5.41) is 5.23. The molecular weight excluding hydrogens is 222 g/mol. The molecule has 0 radical (unpaired) electrons. The van der Waals surface area contributed by atoms with Crippen LogP contribution in [0.1, 0.15) is 30.6 Å². The van der Waals surface area contributed by atoms with Gasteiger partial charge in [0, 0.05) is 10.9 Å². The molecule has 0 aliphatic heterocycles. The molecule has 1 fully saturated rings. The van der Waals surface area contributed by atoms with E-state index in [1.165, 1.54) is 25.7 Å². The lowest BCUT2D eigenvalue weighted by atomic mass is 10.2. The summed E-state index contributed by atoms with van der Waals surface area (Å²) < 4.78 is 5.16. The SMILES string of the molecule is O=C(CNC1CCCC1)OCc1cccs1. The largest absolute Gasteiger partial charge is 0.459 e. The third-order valence-corrected chi connectivity index (χ3v) is 3.70. The summed E-state index contributed by atoms with van der Waals surface area (Å²) in [6, 6.07) is 4.46. The fourth-order valence-corrected chi connectivity index (χ4v) is 2.57. The first-order valence-corrected chi connectivity index (χ1v) is 6.64. The number of ether oxygens (including phenoxy) is 1. The number of carbonyl (C=O) groups is 1. The molecule has 16 heavy (non-hydrogen) atoms. The monoisotopic (exact) mass is 239 g/mol. The van der Waals surface area contributed by atoms with Crippen molar-refractivity contribution in [2.45, 2.75) is 38.3 Å². The van der Waals surface area contributed by atoms with Gasteiger partial charge in [0.2, 0.25) is 0 Å². The standard InChI is InChI=1S/C12H17NO2S/c14-12(8-13-10-4-1-2-5-10)15-9-11-6-3-7-16-11/h3,6-7,10,13H,1-2,4-5,8-9H2. The van der Waals surface area contributed by atoms with Gasteiger partial charge in [-0.3, -0.25) is 4.79 Å². The van der Waals surface area contributed by atoms with Gasteiger partial charge in [-0.05, 0) is 24.3 Å². The van der Waals surface area contributed by atoms with E-state index in [2.05, 4.69) is 5.32 Å². The Balaban J connectivity index is 1.60. The Kier molecular flexibility index (Phi) is 4.36. The molecule has 0 spiro atoms. The van der Waals surface area contributed by atoms with Gasteiger partial charge in [-0.2, -0.15) is 0 Å². The number of hydrogen-bond donors (Lipinski definition) is 1. The van der Waals surface area contributed by atoms with E-state index in [0.29, 0.717) is 19.2 Å². The predicted molar refractivity (Wildman–Crippen MR) is 64.4 cm³/mol. The molecule has 0 saturated heterocycles. The molecule has 1 heterocycles. The number of rotatable bonds is 5. The summed E-state index contributed by atoms with van der Waals surface area (Å²) in [6.07, 6.45) is 4.94. The molecule has 1 aliphatic carbocycles. The topological polar surface area (TPSA) is 38.3 Å². The Morgan fingerprint density at radius 1 is 1.50 bits per heavy atom. The summed E-state index contributed by atoms with van der Waals surface area (Å²) >= 11 is 1.61. The Hall–Kier alpha value is -0.870. The van der Waals surface area contributed by atoms with Crippen molar-refractivity contribution < 1.29 is 9.53 Å². The lowest BCUT2D eigenvalue weighted by molar-refractivity contribution is -0.143. The van der Waals surface area contributed by atoms with Crippen LogP contribution in [0.25, 0.3) is 0 Å². The Morgan fingerprint density at radius 3 is 3.00 bits per heavy atom. The molecule has 0 unspecified atom stereocenters. The van der Waals surface area contributed by atoms with E-state index in [-0.39, 0.29) is 5.97 Å². The van der Waals surface area contributed by atoms with E-state index < -0.39 is 0 Å².